The van der Waals surface area contributed by atoms with Gasteiger partial charge >= 0.3 is 0 Å². The predicted octanol–water partition coefficient (Wildman–Crippen LogP) is 1.70. The highest BCUT2D eigenvalue weighted by Gasteiger charge is 2.28. The Morgan fingerprint density at radius 2 is 2.00 bits per heavy atom. The number of amides is 1. The Morgan fingerprint density at radius 1 is 1.26 bits per heavy atom. The van der Waals surface area contributed by atoms with Gasteiger partial charge in [0.2, 0.25) is 0 Å². The second-order valence-electron chi connectivity index (χ2n) is 6.12. The van der Waals surface area contributed by atoms with Crippen LogP contribution in [0, 0.1) is 11.8 Å². The molecular weight excluding hydrogens is 240 g/mol. The zero-order chi connectivity index (χ0) is 13.7. The van der Waals surface area contributed by atoms with E-state index in [0.29, 0.717) is 19.1 Å². The van der Waals surface area contributed by atoms with Gasteiger partial charge in [-0.05, 0) is 18.8 Å². The lowest BCUT2D eigenvalue weighted by Crippen LogP contribution is -2.51. The maximum absolute atomic E-state index is 12.1. The highest BCUT2D eigenvalue weighted by atomic mass is 16.5. The van der Waals surface area contributed by atoms with Crippen molar-refractivity contribution < 1.29 is 9.53 Å². The fraction of sp³-hybridized carbons (Fsp3) is 0.933. The number of nitrogens with one attached hydrogen (secondary N) is 2. The number of ether oxygens (including phenoxy) is 1. The first-order chi connectivity index (χ1) is 9.18. The van der Waals surface area contributed by atoms with Gasteiger partial charge in [0.25, 0.3) is 5.91 Å². The number of hydrogen-bond donors (Lipinski definition) is 2. The summed E-state index contributed by atoms with van der Waals surface area (Å²) in [6.45, 7) is 6.52. The Kier molecular flexibility index (Phi) is 5.64. The smallest absolute Gasteiger partial charge is 0.250 e. The van der Waals surface area contributed by atoms with Crippen molar-refractivity contribution in [2.75, 3.05) is 19.7 Å². The normalized spacial score (nSPS) is 28.6. The summed E-state index contributed by atoms with van der Waals surface area (Å²) < 4.78 is 5.49. The van der Waals surface area contributed by atoms with E-state index in [4.69, 9.17) is 4.74 Å². The molecule has 2 rings (SSSR count). The number of carbonyl (C=O) groups is 1. The van der Waals surface area contributed by atoms with Gasteiger partial charge in [-0.15, -0.1) is 0 Å². The van der Waals surface area contributed by atoms with Crippen LogP contribution in [-0.2, 0) is 9.53 Å². The molecule has 1 aliphatic carbocycles. The lowest BCUT2D eigenvalue weighted by atomic mass is 9.78. The van der Waals surface area contributed by atoms with Crippen LogP contribution >= 0.6 is 0 Å². The van der Waals surface area contributed by atoms with Crippen molar-refractivity contribution in [2.24, 2.45) is 11.8 Å². The highest BCUT2D eigenvalue weighted by Crippen LogP contribution is 2.31. The van der Waals surface area contributed by atoms with Crippen LogP contribution in [0.15, 0.2) is 0 Å². The third-order valence-corrected chi connectivity index (χ3v) is 4.77. The minimum Gasteiger partial charge on any atom is -0.366 e. The fourth-order valence-electron chi connectivity index (χ4n) is 3.25. The molecule has 0 aromatic heterocycles. The molecule has 110 valence electrons. The molecule has 3 atom stereocenters. The molecule has 19 heavy (non-hydrogen) atoms. The van der Waals surface area contributed by atoms with Crippen molar-refractivity contribution in [1.29, 1.82) is 0 Å². The van der Waals surface area contributed by atoms with Crippen molar-refractivity contribution in [1.82, 2.24) is 10.6 Å². The van der Waals surface area contributed by atoms with Crippen LogP contribution in [0.2, 0.25) is 0 Å². The van der Waals surface area contributed by atoms with E-state index < -0.39 is 0 Å². The summed E-state index contributed by atoms with van der Waals surface area (Å²) in [5.41, 5.74) is 0. The molecule has 0 radical (unpaired) electrons. The van der Waals surface area contributed by atoms with E-state index >= 15 is 0 Å². The maximum Gasteiger partial charge on any atom is 0.250 e. The monoisotopic (exact) mass is 268 g/mol. The van der Waals surface area contributed by atoms with Gasteiger partial charge in [-0.2, -0.15) is 0 Å². The molecule has 2 aliphatic rings. The Bertz CT molecular complexity index is 284. The summed E-state index contributed by atoms with van der Waals surface area (Å²) >= 11 is 0. The number of rotatable bonds is 4. The van der Waals surface area contributed by atoms with Crippen molar-refractivity contribution in [2.45, 2.75) is 58.1 Å². The molecule has 3 unspecified atom stereocenters. The third-order valence-electron chi connectivity index (χ3n) is 4.77. The molecular formula is C15H28N2O2. The van der Waals surface area contributed by atoms with Crippen LogP contribution in [0.4, 0.5) is 0 Å². The molecule has 0 spiro atoms. The summed E-state index contributed by atoms with van der Waals surface area (Å²) in [7, 11) is 0. The Balaban J connectivity index is 1.78. The molecule has 0 aromatic carbocycles. The summed E-state index contributed by atoms with van der Waals surface area (Å²) in [5.74, 6) is 1.37. The minimum atomic E-state index is -0.310. The molecule has 4 heteroatoms. The van der Waals surface area contributed by atoms with Crippen LogP contribution in [0.3, 0.4) is 0 Å². The average Bonchev–Trinajstić information content (AvgIpc) is 2.48. The molecule has 1 heterocycles. The number of carbonyl (C=O) groups excluding carboxylic acids is 1. The third kappa shape index (κ3) is 4.18. The second kappa shape index (κ2) is 7.25. The molecule has 2 fully saturated rings. The van der Waals surface area contributed by atoms with E-state index in [-0.39, 0.29) is 18.1 Å². The molecule has 0 bridgehead atoms. The van der Waals surface area contributed by atoms with Gasteiger partial charge in [0.15, 0.2) is 0 Å². The molecule has 1 saturated heterocycles. The van der Waals surface area contributed by atoms with E-state index in [9.17, 15) is 4.79 Å². The predicted molar refractivity (Wildman–Crippen MR) is 76.0 cm³/mol. The van der Waals surface area contributed by atoms with Crippen LogP contribution in [0.25, 0.3) is 0 Å². The fourth-order valence-corrected chi connectivity index (χ4v) is 3.25. The first kappa shape index (κ1) is 14.8. The zero-order valence-corrected chi connectivity index (χ0v) is 12.3. The maximum atomic E-state index is 12.1. The van der Waals surface area contributed by atoms with E-state index in [1.165, 1.54) is 32.1 Å². The van der Waals surface area contributed by atoms with Crippen LogP contribution in [-0.4, -0.2) is 37.7 Å². The van der Waals surface area contributed by atoms with E-state index in [1.54, 1.807) is 0 Å². The van der Waals surface area contributed by atoms with Gasteiger partial charge in [0, 0.05) is 19.1 Å². The second-order valence-corrected chi connectivity index (χ2v) is 6.12. The Hall–Kier alpha value is -0.610. The van der Waals surface area contributed by atoms with Gasteiger partial charge in [-0.25, -0.2) is 0 Å². The first-order valence-electron chi connectivity index (χ1n) is 7.81. The first-order valence-corrected chi connectivity index (χ1v) is 7.81. The van der Waals surface area contributed by atoms with Gasteiger partial charge in [0.1, 0.15) is 6.10 Å². The van der Waals surface area contributed by atoms with Crippen molar-refractivity contribution >= 4 is 5.91 Å². The number of morpholine rings is 1. The van der Waals surface area contributed by atoms with Gasteiger partial charge < -0.3 is 15.4 Å². The van der Waals surface area contributed by atoms with Crippen molar-refractivity contribution in [3.05, 3.63) is 0 Å². The lowest BCUT2D eigenvalue weighted by Gasteiger charge is -2.33. The lowest BCUT2D eigenvalue weighted by molar-refractivity contribution is -0.135. The van der Waals surface area contributed by atoms with Crippen LogP contribution in [0.5, 0.6) is 0 Å². The van der Waals surface area contributed by atoms with E-state index in [1.807, 2.05) is 0 Å². The van der Waals surface area contributed by atoms with Crippen LogP contribution < -0.4 is 10.6 Å². The SMILES string of the molecule is CC(NC(=O)C1CNCCO1)C(C)C1CCCCC1. The highest BCUT2D eigenvalue weighted by molar-refractivity contribution is 5.81. The molecule has 1 amide bonds. The zero-order valence-electron chi connectivity index (χ0n) is 12.3. The van der Waals surface area contributed by atoms with Gasteiger partial charge in [0.05, 0.1) is 6.61 Å². The summed E-state index contributed by atoms with van der Waals surface area (Å²) in [6.07, 6.45) is 6.42. The quantitative estimate of drug-likeness (QED) is 0.816. The van der Waals surface area contributed by atoms with Crippen molar-refractivity contribution in [3.8, 4) is 0 Å². The molecule has 1 saturated carbocycles. The van der Waals surface area contributed by atoms with Crippen molar-refractivity contribution in [3.63, 3.8) is 0 Å². The summed E-state index contributed by atoms with van der Waals surface area (Å²) in [6, 6.07) is 0.237. The van der Waals surface area contributed by atoms with Gasteiger partial charge in [-0.3, -0.25) is 4.79 Å². The minimum absolute atomic E-state index is 0.0439. The van der Waals surface area contributed by atoms with Gasteiger partial charge in [-0.1, -0.05) is 39.0 Å². The molecule has 2 N–H and O–H groups in total. The largest absolute Gasteiger partial charge is 0.366 e. The van der Waals surface area contributed by atoms with E-state index in [0.717, 1.165) is 12.5 Å². The van der Waals surface area contributed by atoms with Crippen LogP contribution in [0.1, 0.15) is 46.0 Å². The molecule has 1 aliphatic heterocycles. The summed E-state index contributed by atoms with van der Waals surface area (Å²) in [4.78, 5) is 12.1. The molecule has 4 nitrogen and oxygen atoms in total. The topological polar surface area (TPSA) is 50.4 Å². The van der Waals surface area contributed by atoms with E-state index in [2.05, 4.69) is 24.5 Å². The summed E-state index contributed by atoms with van der Waals surface area (Å²) in [5, 5.41) is 6.34. The number of hydrogen-bond acceptors (Lipinski definition) is 3. The molecule has 0 aromatic rings. The standard InChI is InChI=1S/C15H28N2O2/c1-11(13-6-4-3-5-7-13)12(2)17-15(18)14-10-16-8-9-19-14/h11-14,16H,3-10H2,1-2H3,(H,17,18). The Morgan fingerprint density at radius 3 is 2.63 bits per heavy atom. The average molecular weight is 268 g/mol. The Labute approximate surface area is 116 Å².